The zero-order chi connectivity index (χ0) is 16.3. The molecule has 4 nitrogen and oxygen atoms in total. The zero-order valence-electron chi connectivity index (χ0n) is 12.9. The predicted molar refractivity (Wildman–Crippen MR) is 93.5 cm³/mol. The summed E-state index contributed by atoms with van der Waals surface area (Å²) in [5.41, 5.74) is 7.40. The molecule has 1 fully saturated rings. The van der Waals surface area contributed by atoms with E-state index in [1.54, 1.807) is 0 Å². The van der Waals surface area contributed by atoms with E-state index in [0.717, 1.165) is 22.9 Å². The fourth-order valence-corrected chi connectivity index (χ4v) is 4.20. The Labute approximate surface area is 140 Å². The Kier molecular flexibility index (Phi) is 4.75. The molecule has 0 radical (unpaired) electrons. The largest absolute Gasteiger partial charge is 0.356 e. The summed E-state index contributed by atoms with van der Waals surface area (Å²) < 4.78 is 0. The molecule has 5 heteroatoms. The van der Waals surface area contributed by atoms with E-state index in [4.69, 9.17) is 5.73 Å². The Morgan fingerprint density at radius 1 is 0.913 bits per heavy atom. The molecule has 0 spiro atoms. The maximum absolute atomic E-state index is 10.3. The van der Waals surface area contributed by atoms with Gasteiger partial charge in [-0.1, -0.05) is 72.4 Å². The lowest BCUT2D eigenvalue weighted by atomic mass is 9.95. The predicted octanol–water partition coefficient (Wildman–Crippen LogP) is 1.77. The second kappa shape index (κ2) is 6.63. The minimum absolute atomic E-state index is 0.201. The second-order valence-electron chi connectivity index (χ2n) is 5.96. The molecular formula is C18H22N2O2S. The topological polar surface area (TPSA) is 69.7 Å². The molecule has 1 unspecified atom stereocenters. The van der Waals surface area contributed by atoms with Crippen molar-refractivity contribution >= 4 is 11.8 Å². The highest BCUT2D eigenvalue weighted by atomic mass is 32.2. The molecule has 0 saturated carbocycles. The van der Waals surface area contributed by atoms with Gasteiger partial charge in [0, 0.05) is 25.4 Å². The third-order valence-corrected chi connectivity index (χ3v) is 5.90. The van der Waals surface area contributed by atoms with Crippen LogP contribution in [0.25, 0.3) is 0 Å². The quantitative estimate of drug-likeness (QED) is 0.704. The van der Waals surface area contributed by atoms with E-state index in [9.17, 15) is 10.2 Å². The van der Waals surface area contributed by atoms with Crippen molar-refractivity contribution in [2.45, 2.75) is 23.7 Å². The van der Waals surface area contributed by atoms with E-state index in [0.29, 0.717) is 18.8 Å². The van der Waals surface area contributed by atoms with Crippen molar-refractivity contribution < 1.29 is 10.2 Å². The van der Waals surface area contributed by atoms with E-state index in [1.807, 2.05) is 60.7 Å². The molecule has 1 heterocycles. The number of hydrogen-bond acceptors (Lipinski definition) is 5. The van der Waals surface area contributed by atoms with Crippen molar-refractivity contribution in [3.63, 3.8) is 0 Å². The van der Waals surface area contributed by atoms with Crippen LogP contribution >= 0.6 is 11.8 Å². The SMILES string of the molecule is NCC1(N(Cc2ccccc2)Cc2ccccc2)CSC1(O)O. The summed E-state index contributed by atoms with van der Waals surface area (Å²) in [4.78, 5) is 2.09. The Bertz CT molecular complexity index is 590. The minimum atomic E-state index is -1.81. The number of hydrogen-bond donors (Lipinski definition) is 3. The monoisotopic (exact) mass is 330 g/mol. The maximum atomic E-state index is 10.3. The van der Waals surface area contributed by atoms with Crippen molar-refractivity contribution in [3.05, 3.63) is 71.8 Å². The van der Waals surface area contributed by atoms with Gasteiger partial charge in [0.25, 0.3) is 0 Å². The van der Waals surface area contributed by atoms with E-state index < -0.39 is 10.7 Å². The zero-order valence-corrected chi connectivity index (χ0v) is 13.7. The molecule has 0 aliphatic carbocycles. The van der Waals surface area contributed by atoms with Gasteiger partial charge in [0.15, 0.2) is 0 Å². The summed E-state index contributed by atoms with van der Waals surface area (Å²) in [6.07, 6.45) is 0. The molecular weight excluding hydrogens is 308 g/mol. The summed E-state index contributed by atoms with van der Waals surface area (Å²) in [7, 11) is 0. The Morgan fingerprint density at radius 3 is 1.70 bits per heavy atom. The first-order valence-corrected chi connectivity index (χ1v) is 8.68. The van der Waals surface area contributed by atoms with Gasteiger partial charge in [0.05, 0.1) is 0 Å². The summed E-state index contributed by atoms with van der Waals surface area (Å²) in [6.45, 7) is 1.44. The van der Waals surface area contributed by atoms with E-state index in [1.165, 1.54) is 0 Å². The maximum Gasteiger partial charge on any atom is 0.234 e. The molecule has 1 atom stereocenters. The number of thioether (sulfide) groups is 1. The number of nitrogens with two attached hydrogens (primary N) is 1. The second-order valence-corrected chi connectivity index (χ2v) is 7.11. The van der Waals surface area contributed by atoms with Crippen molar-refractivity contribution in [1.82, 2.24) is 4.90 Å². The van der Waals surface area contributed by atoms with Crippen LogP contribution in [0.1, 0.15) is 11.1 Å². The smallest absolute Gasteiger partial charge is 0.234 e. The van der Waals surface area contributed by atoms with Crippen molar-refractivity contribution in [2.75, 3.05) is 12.3 Å². The van der Waals surface area contributed by atoms with Gasteiger partial charge in [-0.2, -0.15) is 0 Å². The van der Waals surface area contributed by atoms with Crippen molar-refractivity contribution in [2.24, 2.45) is 5.73 Å². The average molecular weight is 330 g/mol. The Hall–Kier alpha value is -1.37. The number of benzene rings is 2. The fraction of sp³-hybridized carbons (Fsp3) is 0.333. The molecule has 23 heavy (non-hydrogen) atoms. The van der Waals surface area contributed by atoms with Crippen LogP contribution in [0.3, 0.4) is 0 Å². The molecule has 0 bridgehead atoms. The normalized spacial score (nSPS) is 22.8. The summed E-state index contributed by atoms with van der Waals surface area (Å²) in [5, 5.41) is 18.9. The van der Waals surface area contributed by atoms with Gasteiger partial charge < -0.3 is 15.9 Å². The van der Waals surface area contributed by atoms with Crippen LogP contribution in [0, 0.1) is 0 Å². The lowest BCUT2D eigenvalue weighted by molar-refractivity contribution is -0.191. The van der Waals surface area contributed by atoms with E-state index in [-0.39, 0.29) is 6.54 Å². The number of rotatable bonds is 6. The van der Waals surface area contributed by atoms with Gasteiger partial charge in [0.2, 0.25) is 5.12 Å². The van der Waals surface area contributed by atoms with E-state index >= 15 is 0 Å². The highest BCUT2D eigenvalue weighted by Gasteiger charge is 2.61. The average Bonchev–Trinajstić information content (AvgIpc) is 2.56. The molecule has 1 aliphatic heterocycles. The van der Waals surface area contributed by atoms with Crippen LogP contribution < -0.4 is 5.73 Å². The third-order valence-electron chi connectivity index (χ3n) is 4.49. The first-order chi connectivity index (χ1) is 11.1. The molecule has 0 aromatic heterocycles. The van der Waals surface area contributed by atoms with Crippen molar-refractivity contribution in [1.29, 1.82) is 0 Å². The molecule has 2 aromatic rings. The Balaban J connectivity index is 1.90. The molecule has 1 aliphatic rings. The van der Waals surface area contributed by atoms with Gasteiger partial charge >= 0.3 is 0 Å². The molecule has 122 valence electrons. The number of nitrogens with zero attached hydrogens (tertiary/aromatic N) is 1. The van der Waals surface area contributed by atoms with Crippen LogP contribution in [0.5, 0.6) is 0 Å². The highest BCUT2D eigenvalue weighted by Crippen LogP contribution is 2.49. The van der Waals surface area contributed by atoms with Gasteiger partial charge in [0.1, 0.15) is 5.54 Å². The third kappa shape index (κ3) is 3.16. The van der Waals surface area contributed by atoms with Crippen LogP contribution in [-0.2, 0) is 13.1 Å². The van der Waals surface area contributed by atoms with Gasteiger partial charge in [-0.3, -0.25) is 4.90 Å². The lowest BCUT2D eigenvalue weighted by Crippen LogP contribution is -2.74. The van der Waals surface area contributed by atoms with Gasteiger partial charge in [-0.05, 0) is 11.1 Å². The summed E-state index contributed by atoms with van der Waals surface area (Å²) in [6, 6.07) is 20.1. The summed E-state index contributed by atoms with van der Waals surface area (Å²) >= 11 is 1.13. The molecule has 4 N–H and O–H groups in total. The first-order valence-electron chi connectivity index (χ1n) is 7.69. The first kappa shape index (κ1) is 16.5. The van der Waals surface area contributed by atoms with E-state index in [2.05, 4.69) is 4.90 Å². The number of aliphatic hydroxyl groups is 2. The van der Waals surface area contributed by atoms with Gasteiger partial charge in [-0.25, -0.2) is 0 Å². The highest BCUT2D eigenvalue weighted by molar-refractivity contribution is 8.01. The van der Waals surface area contributed by atoms with Crippen LogP contribution in [0.2, 0.25) is 0 Å². The molecule has 2 aromatic carbocycles. The molecule has 1 saturated heterocycles. The lowest BCUT2D eigenvalue weighted by Gasteiger charge is -2.57. The van der Waals surface area contributed by atoms with Crippen molar-refractivity contribution in [3.8, 4) is 0 Å². The van der Waals surface area contributed by atoms with Crippen LogP contribution in [0.4, 0.5) is 0 Å². The van der Waals surface area contributed by atoms with Crippen LogP contribution in [0.15, 0.2) is 60.7 Å². The fourth-order valence-electron chi connectivity index (χ4n) is 2.95. The Morgan fingerprint density at radius 2 is 1.39 bits per heavy atom. The van der Waals surface area contributed by atoms with Crippen LogP contribution in [-0.4, -0.2) is 38.1 Å². The molecule has 3 rings (SSSR count). The standard InChI is InChI=1S/C18H22N2O2S/c19-13-17(14-23-18(17,21)22)20(11-15-7-3-1-4-8-15)12-16-9-5-2-6-10-16/h1-10,21-22H,11-14,19H2. The molecule has 0 amide bonds. The summed E-state index contributed by atoms with van der Waals surface area (Å²) in [5.74, 6) is 0.607. The van der Waals surface area contributed by atoms with Gasteiger partial charge in [-0.15, -0.1) is 0 Å². The minimum Gasteiger partial charge on any atom is -0.356 e.